The molecule has 1 aliphatic heterocycles. The molecule has 2 aromatic carbocycles. The summed E-state index contributed by atoms with van der Waals surface area (Å²) in [5, 5.41) is 5.50. The summed E-state index contributed by atoms with van der Waals surface area (Å²) in [5.41, 5.74) is 3.65. The van der Waals surface area contributed by atoms with Gasteiger partial charge in [-0.05, 0) is 63.1 Å². The number of fused-ring (bicyclic) bond motifs is 1. The largest absolute Gasteiger partial charge is 0.462 e. The maximum absolute atomic E-state index is 13.1. The zero-order valence-corrected chi connectivity index (χ0v) is 20.0. The summed E-state index contributed by atoms with van der Waals surface area (Å²) < 4.78 is 7.99. The summed E-state index contributed by atoms with van der Waals surface area (Å²) in [6, 6.07) is 15.6. The Labute approximate surface area is 202 Å². The molecular weight excluding hydrogens is 448 g/mol. The van der Waals surface area contributed by atoms with Crippen molar-refractivity contribution in [2.24, 2.45) is 0 Å². The number of ether oxygens (including phenoxy) is 1. The number of carbonyl (C=O) groups excluding carboxylic acids is 2. The number of aromatic nitrogens is 3. The van der Waals surface area contributed by atoms with Gasteiger partial charge in [-0.2, -0.15) is 5.10 Å². The summed E-state index contributed by atoms with van der Waals surface area (Å²) in [5.74, 6) is 0.0613. The van der Waals surface area contributed by atoms with Gasteiger partial charge in [0.05, 0.1) is 39.4 Å². The molecule has 0 unspecified atom stereocenters. The van der Waals surface area contributed by atoms with Crippen LogP contribution in [0.4, 0.5) is 0 Å². The van der Waals surface area contributed by atoms with Crippen LogP contribution in [0.3, 0.4) is 0 Å². The van der Waals surface area contributed by atoms with Gasteiger partial charge in [-0.3, -0.25) is 4.79 Å². The van der Waals surface area contributed by atoms with Crippen LogP contribution in [0, 0.1) is 6.92 Å². The van der Waals surface area contributed by atoms with E-state index in [1.807, 2.05) is 48.2 Å². The Morgan fingerprint density at radius 2 is 1.82 bits per heavy atom. The molecule has 0 saturated carbocycles. The summed E-state index contributed by atoms with van der Waals surface area (Å²) in [7, 11) is 0. The highest BCUT2D eigenvalue weighted by Crippen LogP contribution is 2.34. The first-order valence-electron chi connectivity index (χ1n) is 11.5. The van der Waals surface area contributed by atoms with Crippen LogP contribution in [0.2, 0.25) is 0 Å². The number of benzene rings is 2. The van der Waals surface area contributed by atoms with Crippen LogP contribution < -0.4 is 0 Å². The molecule has 174 valence electrons. The second-order valence-corrected chi connectivity index (χ2v) is 9.47. The third-order valence-corrected chi connectivity index (χ3v) is 7.50. The fourth-order valence-corrected chi connectivity index (χ4v) is 5.54. The van der Waals surface area contributed by atoms with Crippen molar-refractivity contribution in [3.63, 3.8) is 0 Å². The molecule has 0 atom stereocenters. The van der Waals surface area contributed by atoms with Crippen molar-refractivity contribution in [2.75, 3.05) is 19.7 Å². The van der Waals surface area contributed by atoms with Gasteiger partial charge < -0.3 is 9.64 Å². The van der Waals surface area contributed by atoms with E-state index in [1.165, 1.54) is 15.9 Å². The number of carbonyl (C=O) groups is 2. The lowest BCUT2D eigenvalue weighted by Gasteiger charge is -2.31. The molecule has 8 heteroatoms. The number of rotatable bonds is 5. The molecule has 1 saturated heterocycles. The van der Waals surface area contributed by atoms with E-state index in [9.17, 15) is 9.59 Å². The van der Waals surface area contributed by atoms with Gasteiger partial charge >= 0.3 is 5.97 Å². The van der Waals surface area contributed by atoms with Crippen molar-refractivity contribution in [3.8, 4) is 5.69 Å². The van der Waals surface area contributed by atoms with Gasteiger partial charge in [-0.25, -0.2) is 14.5 Å². The van der Waals surface area contributed by atoms with Crippen LogP contribution in [-0.4, -0.2) is 51.2 Å². The van der Waals surface area contributed by atoms with Crippen molar-refractivity contribution in [2.45, 2.75) is 32.6 Å². The average molecular weight is 475 g/mol. The number of hydrogen-bond donors (Lipinski definition) is 0. The first-order valence-corrected chi connectivity index (χ1v) is 12.3. The molecule has 1 amide bonds. The summed E-state index contributed by atoms with van der Waals surface area (Å²) in [4.78, 5) is 31.9. The van der Waals surface area contributed by atoms with Crippen molar-refractivity contribution in [1.82, 2.24) is 19.7 Å². The number of likely N-dealkylation sites (tertiary alicyclic amines) is 1. The van der Waals surface area contributed by atoms with Crippen LogP contribution in [0.5, 0.6) is 0 Å². The minimum absolute atomic E-state index is 0.0405. The summed E-state index contributed by atoms with van der Waals surface area (Å²) >= 11 is 1.76. The Morgan fingerprint density at radius 1 is 1.09 bits per heavy atom. The van der Waals surface area contributed by atoms with Crippen LogP contribution >= 0.6 is 11.3 Å². The fourth-order valence-electron chi connectivity index (χ4n) is 4.40. The molecule has 0 aliphatic carbocycles. The highest BCUT2D eigenvalue weighted by molar-refractivity contribution is 7.18. The quantitative estimate of drug-likeness (QED) is 0.381. The maximum atomic E-state index is 13.1. The van der Waals surface area contributed by atoms with Crippen LogP contribution in [0.1, 0.15) is 57.1 Å². The lowest BCUT2D eigenvalue weighted by Crippen LogP contribution is -2.37. The predicted molar refractivity (Wildman–Crippen MR) is 132 cm³/mol. The van der Waals surface area contributed by atoms with Crippen molar-refractivity contribution in [3.05, 3.63) is 76.6 Å². The van der Waals surface area contributed by atoms with Crippen LogP contribution in [-0.2, 0) is 4.74 Å². The molecule has 0 radical (unpaired) electrons. The molecule has 0 spiro atoms. The van der Waals surface area contributed by atoms with Gasteiger partial charge in [-0.1, -0.05) is 12.1 Å². The molecule has 2 aromatic heterocycles. The first-order chi connectivity index (χ1) is 16.5. The molecule has 1 fully saturated rings. The topological polar surface area (TPSA) is 77.3 Å². The number of esters is 1. The summed E-state index contributed by atoms with van der Waals surface area (Å²) in [6.07, 6.45) is 3.36. The van der Waals surface area contributed by atoms with E-state index in [1.54, 1.807) is 22.9 Å². The third kappa shape index (κ3) is 4.21. The Balaban J connectivity index is 1.24. The van der Waals surface area contributed by atoms with Gasteiger partial charge in [0.25, 0.3) is 5.91 Å². The number of piperidine rings is 1. The second-order valence-electron chi connectivity index (χ2n) is 8.41. The second kappa shape index (κ2) is 9.38. The standard InChI is InChI=1S/C26H26N4O3S/c1-3-33-26(32)21-16-27-30(17(21)2)20-10-8-19(9-11-20)25(31)29-14-12-18(13-15-29)24-28-22-6-4-5-7-23(22)34-24/h4-11,16,18H,3,12-15H2,1-2H3. The Bertz CT molecular complexity index is 1300. The highest BCUT2D eigenvalue weighted by Gasteiger charge is 2.26. The lowest BCUT2D eigenvalue weighted by molar-refractivity contribution is 0.0525. The number of nitrogens with zero attached hydrogens (tertiary/aromatic N) is 4. The number of para-hydroxylation sites is 1. The molecule has 4 aromatic rings. The van der Waals surface area contributed by atoms with E-state index in [0.717, 1.165) is 37.1 Å². The van der Waals surface area contributed by atoms with Gasteiger partial charge in [0.1, 0.15) is 5.56 Å². The van der Waals surface area contributed by atoms with E-state index in [-0.39, 0.29) is 11.9 Å². The van der Waals surface area contributed by atoms with Crippen molar-refractivity contribution in [1.29, 1.82) is 0 Å². The monoisotopic (exact) mass is 474 g/mol. The van der Waals surface area contributed by atoms with E-state index >= 15 is 0 Å². The van der Waals surface area contributed by atoms with E-state index in [4.69, 9.17) is 9.72 Å². The molecular formula is C26H26N4O3S. The molecule has 7 nitrogen and oxygen atoms in total. The SMILES string of the molecule is CCOC(=O)c1cnn(-c2ccc(C(=O)N3CCC(c4nc5ccccc5s4)CC3)cc2)c1C. The maximum Gasteiger partial charge on any atom is 0.341 e. The van der Waals surface area contributed by atoms with Crippen LogP contribution in [0.25, 0.3) is 15.9 Å². The highest BCUT2D eigenvalue weighted by atomic mass is 32.1. The lowest BCUT2D eigenvalue weighted by atomic mass is 9.97. The first kappa shape index (κ1) is 22.3. The number of amides is 1. The van der Waals surface area contributed by atoms with Gasteiger partial charge in [-0.15, -0.1) is 11.3 Å². The Morgan fingerprint density at radius 3 is 2.53 bits per heavy atom. The molecule has 0 N–H and O–H groups in total. The van der Waals surface area contributed by atoms with Crippen molar-refractivity contribution < 1.29 is 14.3 Å². The molecule has 5 rings (SSSR count). The van der Waals surface area contributed by atoms with Gasteiger partial charge in [0, 0.05) is 24.6 Å². The van der Waals surface area contributed by atoms with Crippen LogP contribution in [0.15, 0.2) is 54.7 Å². The molecule has 0 bridgehead atoms. The van der Waals surface area contributed by atoms with E-state index in [2.05, 4.69) is 17.2 Å². The zero-order valence-electron chi connectivity index (χ0n) is 19.2. The van der Waals surface area contributed by atoms with Gasteiger partial charge in [0.2, 0.25) is 0 Å². The number of thiazole rings is 1. The zero-order chi connectivity index (χ0) is 23.7. The predicted octanol–water partition coefficient (Wildman–Crippen LogP) is 4.99. The normalized spacial score (nSPS) is 14.5. The number of hydrogen-bond acceptors (Lipinski definition) is 6. The van der Waals surface area contributed by atoms with E-state index in [0.29, 0.717) is 29.3 Å². The summed E-state index contributed by atoms with van der Waals surface area (Å²) in [6.45, 7) is 5.37. The molecule has 1 aliphatic rings. The Kier molecular flexibility index (Phi) is 6.15. The minimum atomic E-state index is -0.382. The molecule has 34 heavy (non-hydrogen) atoms. The fraction of sp³-hybridized carbons (Fsp3) is 0.308. The van der Waals surface area contributed by atoms with E-state index < -0.39 is 0 Å². The molecule has 3 heterocycles. The Hall–Kier alpha value is -3.52. The van der Waals surface area contributed by atoms with Crippen molar-refractivity contribution >= 4 is 33.4 Å². The third-order valence-electron chi connectivity index (χ3n) is 6.31. The van der Waals surface area contributed by atoms with Gasteiger partial charge in [0.15, 0.2) is 0 Å². The smallest absolute Gasteiger partial charge is 0.341 e. The minimum Gasteiger partial charge on any atom is -0.462 e. The average Bonchev–Trinajstić information content (AvgIpc) is 3.48.